The van der Waals surface area contributed by atoms with Gasteiger partial charge in [0.1, 0.15) is 10.7 Å². The standard InChI is InChI=1S/C13H10O5S/c1-6(14)10(15)13-11(16)7-2-3-9-12(18-5-17-9)8(7)4-19-13/h2-3,16H,4-5H2,1H3. The number of allylic oxidation sites excluding steroid dienone is 1. The Morgan fingerprint density at radius 3 is 2.84 bits per heavy atom. The number of Topliss-reactive ketones (excluding diaryl/α,β-unsaturated/α-hetero) is 2. The van der Waals surface area contributed by atoms with Gasteiger partial charge in [0.05, 0.1) is 0 Å². The van der Waals surface area contributed by atoms with Gasteiger partial charge in [-0.25, -0.2) is 0 Å². The first-order valence-corrected chi connectivity index (χ1v) is 6.61. The molecule has 0 fully saturated rings. The highest BCUT2D eigenvalue weighted by molar-refractivity contribution is 8.03. The van der Waals surface area contributed by atoms with Crippen LogP contribution in [0.3, 0.4) is 0 Å². The van der Waals surface area contributed by atoms with Gasteiger partial charge >= 0.3 is 0 Å². The molecule has 98 valence electrons. The number of carbonyl (C=O) groups is 2. The van der Waals surface area contributed by atoms with E-state index in [0.29, 0.717) is 22.8 Å². The van der Waals surface area contributed by atoms with Crippen molar-refractivity contribution in [2.45, 2.75) is 12.7 Å². The lowest BCUT2D eigenvalue weighted by molar-refractivity contribution is -0.132. The van der Waals surface area contributed by atoms with Gasteiger partial charge in [-0.15, -0.1) is 11.8 Å². The maximum Gasteiger partial charge on any atom is 0.238 e. The van der Waals surface area contributed by atoms with E-state index in [0.717, 1.165) is 17.3 Å². The summed E-state index contributed by atoms with van der Waals surface area (Å²) in [6, 6.07) is 3.36. The molecule has 1 aromatic carbocycles. The topological polar surface area (TPSA) is 72.8 Å². The van der Waals surface area contributed by atoms with E-state index in [2.05, 4.69) is 0 Å². The molecule has 0 spiro atoms. The molecule has 0 atom stereocenters. The molecule has 0 bridgehead atoms. The number of ether oxygens (including phenoxy) is 2. The summed E-state index contributed by atoms with van der Waals surface area (Å²) in [6.45, 7) is 1.35. The molecule has 0 saturated heterocycles. The molecule has 6 heteroatoms. The van der Waals surface area contributed by atoms with Crippen LogP contribution in [0.15, 0.2) is 17.0 Å². The monoisotopic (exact) mass is 278 g/mol. The first-order chi connectivity index (χ1) is 9.09. The summed E-state index contributed by atoms with van der Waals surface area (Å²) in [5, 5.41) is 10.2. The van der Waals surface area contributed by atoms with Crippen LogP contribution in [0, 0.1) is 0 Å². The third-order valence-electron chi connectivity index (χ3n) is 3.00. The zero-order valence-corrected chi connectivity index (χ0v) is 10.9. The number of rotatable bonds is 2. The molecule has 2 aliphatic heterocycles. The highest BCUT2D eigenvalue weighted by atomic mass is 32.2. The van der Waals surface area contributed by atoms with Crippen molar-refractivity contribution in [2.75, 3.05) is 6.79 Å². The maximum atomic E-state index is 11.7. The fourth-order valence-corrected chi connectivity index (χ4v) is 3.16. The molecular formula is C13H10O5S. The molecule has 5 nitrogen and oxygen atoms in total. The van der Waals surface area contributed by atoms with Crippen LogP contribution in [0.2, 0.25) is 0 Å². The number of benzene rings is 1. The van der Waals surface area contributed by atoms with Crippen LogP contribution >= 0.6 is 11.8 Å². The van der Waals surface area contributed by atoms with Crippen LogP contribution in [0.1, 0.15) is 18.1 Å². The normalized spacial score (nSPS) is 16.3. The molecule has 0 amide bonds. The summed E-state index contributed by atoms with van der Waals surface area (Å²) in [5.74, 6) is 0.286. The van der Waals surface area contributed by atoms with Gasteiger partial charge in [-0.05, 0) is 12.1 Å². The molecule has 19 heavy (non-hydrogen) atoms. The molecule has 1 N–H and O–H groups in total. The molecule has 0 saturated carbocycles. The van der Waals surface area contributed by atoms with Crippen molar-refractivity contribution in [1.82, 2.24) is 0 Å². The lowest BCUT2D eigenvalue weighted by Crippen LogP contribution is -2.15. The summed E-state index contributed by atoms with van der Waals surface area (Å²) < 4.78 is 10.6. The van der Waals surface area contributed by atoms with Crippen molar-refractivity contribution in [3.63, 3.8) is 0 Å². The van der Waals surface area contributed by atoms with Gasteiger partial charge in [0.25, 0.3) is 0 Å². The van der Waals surface area contributed by atoms with E-state index in [1.165, 1.54) is 6.92 Å². The highest BCUT2D eigenvalue weighted by Crippen LogP contribution is 2.46. The fourth-order valence-electron chi connectivity index (χ4n) is 2.06. The molecule has 0 unspecified atom stereocenters. The van der Waals surface area contributed by atoms with Crippen molar-refractivity contribution >= 4 is 29.1 Å². The molecule has 1 aromatic rings. The third kappa shape index (κ3) is 1.79. The smallest absolute Gasteiger partial charge is 0.238 e. The van der Waals surface area contributed by atoms with E-state index in [4.69, 9.17) is 9.47 Å². The van der Waals surface area contributed by atoms with Gasteiger partial charge in [-0.3, -0.25) is 9.59 Å². The Morgan fingerprint density at radius 2 is 2.11 bits per heavy atom. The van der Waals surface area contributed by atoms with Crippen LogP contribution in [0.4, 0.5) is 0 Å². The molecule has 3 rings (SSSR count). The molecule has 2 heterocycles. The molecule has 0 aliphatic carbocycles. The Kier molecular flexibility index (Phi) is 2.74. The minimum Gasteiger partial charge on any atom is -0.506 e. The first-order valence-electron chi connectivity index (χ1n) is 5.62. The number of ketones is 2. The second-order valence-corrected chi connectivity index (χ2v) is 5.16. The van der Waals surface area contributed by atoms with Gasteiger partial charge in [-0.2, -0.15) is 0 Å². The maximum absolute atomic E-state index is 11.7. The van der Waals surface area contributed by atoms with Crippen LogP contribution in [0.25, 0.3) is 5.76 Å². The molecule has 2 aliphatic rings. The minimum absolute atomic E-state index is 0.0962. The van der Waals surface area contributed by atoms with Crippen LogP contribution in [0.5, 0.6) is 11.5 Å². The van der Waals surface area contributed by atoms with E-state index in [1.54, 1.807) is 12.1 Å². The number of aliphatic hydroxyl groups is 1. The zero-order valence-electron chi connectivity index (χ0n) is 10.1. The SMILES string of the molecule is CC(=O)C(=O)C1=C(O)c2ccc3c(c2CS1)OCO3. The average molecular weight is 278 g/mol. The second-order valence-electron chi connectivity index (χ2n) is 4.18. The van der Waals surface area contributed by atoms with Gasteiger partial charge in [0, 0.05) is 23.8 Å². The van der Waals surface area contributed by atoms with E-state index in [9.17, 15) is 14.7 Å². The third-order valence-corrected chi connectivity index (χ3v) is 4.10. The van der Waals surface area contributed by atoms with Crippen molar-refractivity contribution in [1.29, 1.82) is 0 Å². The molecule has 0 aromatic heterocycles. The van der Waals surface area contributed by atoms with Crippen molar-refractivity contribution in [2.24, 2.45) is 0 Å². The van der Waals surface area contributed by atoms with E-state index in [-0.39, 0.29) is 17.5 Å². The van der Waals surface area contributed by atoms with E-state index in [1.807, 2.05) is 0 Å². The number of hydrogen-bond acceptors (Lipinski definition) is 6. The number of thioether (sulfide) groups is 1. The van der Waals surface area contributed by atoms with Gasteiger partial charge in [0.2, 0.25) is 18.4 Å². The zero-order chi connectivity index (χ0) is 13.6. The van der Waals surface area contributed by atoms with Crippen molar-refractivity contribution in [3.8, 4) is 11.5 Å². The average Bonchev–Trinajstić information content (AvgIpc) is 2.86. The Balaban J connectivity index is 2.13. The number of carbonyl (C=O) groups excluding carboxylic acids is 2. The summed E-state index contributed by atoms with van der Waals surface area (Å²) >= 11 is 1.14. The predicted molar refractivity (Wildman–Crippen MR) is 69.1 cm³/mol. The Bertz CT molecular complexity index is 632. The predicted octanol–water partition coefficient (Wildman–Crippen LogP) is 2.05. The van der Waals surface area contributed by atoms with Gasteiger partial charge in [0.15, 0.2) is 11.5 Å². The lowest BCUT2D eigenvalue weighted by Gasteiger charge is -2.19. The van der Waals surface area contributed by atoms with E-state index < -0.39 is 11.6 Å². The molecule has 0 radical (unpaired) electrons. The molecular weight excluding hydrogens is 268 g/mol. The summed E-state index contributed by atoms with van der Waals surface area (Å²) in [6.07, 6.45) is 0. The second kappa shape index (κ2) is 4.31. The summed E-state index contributed by atoms with van der Waals surface area (Å²) in [7, 11) is 0. The Morgan fingerprint density at radius 1 is 1.32 bits per heavy atom. The lowest BCUT2D eigenvalue weighted by atomic mass is 10.0. The van der Waals surface area contributed by atoms with E-state index >= 15 is 0 Å². The van der Waals surface area contributed by atoms with Gasteiger partial charge in [-0.1, -0.05) is 0 Å². The van der Waals surface area contributed by atoms with Crippen LogP contribution < -0.4 is 9.47 Å². The first kappa shape index (κ1) is 12.1. The highest BCUT2D eigenvalue weighted by Gasteiger charge is 2.30. The number of aliphatic hydroxyl groups excluding tert-OH is 1. The number of hydrogen-bond donors (Lipinski definition) is 1. The fraction of sp³-hybridized carbons (Fsp3) is 0.231. The summed E-state index contributed by atoms with van der Waals surface area (Å²) in [4.78, 5) is 22.9. The van der Waals surface area contributed by atoms with Crippen LogP contribution in [-0.2, 0) is 15.3 Å². The summed E-state index contributed by atoms with van der Waals surface area (Å²) in [5.41, 5.74) is 1.31. The minimum atomic E-state index is -0.661. The van der Waals surface area contributed by atoms with Crippen LogP contribution in [-0.4, -0.2) is 23.5 Å². The van der Waals surface area contributed by atoms with Crippen molar-refractivity contribution in [3.05, 3.63) is 28.2 Å². The number of fused-ring (bicyclic) bond motifs is 3. The quantitative estimate of drug-likeness (QED) is 0.835. The Hall–Kier alpha value is -1.95. The van der Waals surface area contributed by atoms with Gasteiger partial charge < -0.3 is 14.6 Å². The Labute approximate surface area is 113 Å². The van der Waals surface area contributed by atoms with Crippen molar-refractivity contribution < 1.29 is 24.2 Å². The largest absolute Gasteiger partial charge is 0.506 e.